The van der Waals surface area contributed by atoms with Crippen molar-refractivity contribution in [3.63, 3.8) is 0 Å². The summed E-state index contributed by atoms with van der Waals surface area (Å²) in [6.07, 6.45) is -0.0315. The van der Waals surface area contributed by atoms with Gasteiger partial charge in [0.15, 0.2) is 6.10 Å². The number of carbonyl (C=O) groups excluding carboxylic acids is 1. The molecule has 0 spiro atoms. The van der Waals surface area contributed by atoms with Gasteiger partial charge in [-0.2, -0.15) is 0 Å². The van der Waals surface area contributed by atoms with Crippen LogP contribution in [0.25, 0.3) is 0 Å². The highest BCUT2D eigenvalue weighted by molar-refractivity contribution is 5.75. The number of hydrogen-bond donors (Lipinski definition) is 1. The lowest BCUT2D eigenvalue weighted by Gasteiger charge is -2.15. The second-order valence-electron chi connectivity index (χ2n) is 3.64. The summed E-state index contributed by atoms with van der Waals surface area (Å²) in [5.74, 6) is -0.314. The van der Waals surface area contributed by atoms with E-state index in [4.69, 9.17) is 15.2 Å². The molecule has 17 heavy (non-hydrogen) atoms. The lowest BCUT2D eigenvalue weighted by atomic mass is 10.1. The van der Waals surface area contributed by atoms with Gasteiger partial charge in [0.1, 0.15) is 0 Å². The number of carbonyl (C=O) groups is 1. The van der Waals surface area contributed by atoms with E-state index in [-0.39, 0.29) is 5.97 Å². The number of anilines is 1. The van der Waals surface area contributed by atoms with Crippen LogP contribution in [0, 0.1) is 0 Å². The van der Waals surface area contributed by atoms with E-state index in [2.05, 4.69) is 0 Å². The van der Waals surface area contributed by atoms with Crippen LogP contribution in [0.1, 0.15) is 19.4 Å². The number of ether oxygens (including phenoxy) is 2. The SMILES string of the molecule is CCOC(=O)[C@H](Cc1ccc(N)cc1)OCC. The third-order valence-electron chi connectivity index (χ3n) is 2.32. The normalized spacial score (nSPS) is 12.1. The van der Waals surface area contributed by atoms with E-state index in [1.54, 1.807) is 6.92 Å². The minimum absolute atomic E-state index is 0.314. The van der Waals surface area contributed by atoms with Gasteiger partial charge in [0, 0.05) is 18.7 Å². The smallest absolute Gasteiger partial charge is 0.335 e. The molecule has 4 heteroatoms. The molecule has 94 valence electrons. The largest absolute Gasteiger partial charge is 0.464 e. The monoisotopic (exact) mass is 237 g/mol. The molecule has 0 radical (unpaired) electrons. The molecule has 1 atom stereocenters. The van der Waals surface area contributed by atoms with Crippen LogP contribution in [-0.4, -0.2) is 25.3 Å². The first kappa shape index (κ1) is 13.5. The average Bonchev–Trinajstić information content (AvgIpc) is 2.31. The topological polar surface area (TPSA) is 61.5 Å². The maximum absolute atomic E-state index is 11.6. The summed E-state index contributed by atoms with van der Waals surface area (Å²) in [4.78, 5) is 11.6. The highest BCUT2D eigenvalue weighted by Crippen LogP contribution is 2.10. The summed E-state index contributed by atoms with van der Waals surface area (Å²) >= 11 is 0. The van der Waals surface area contributed by atoms with Crippen molar-refractivity contribution in [1.29, 1.82) is 0 Å². The van der Waals surface area contributed by atoms with Gasteiger partial charge < -0.3 is 15.2 Å². The van der Waals surface area contributed by atoms with E-state index in [0.717, 1.165) is 5.56 Å². The van der Waals surface area contributed by atoms with E-state index in [0.29, 0.717) is 25.3 Å². The molecule has 2 N–H and O–H groups in total. The lowest BCUT2D eigenvalue weighted by molar-refractivity contribution is -0.156. The summed E-state index contributed by atoms with van der Waals surface area (Å²) < 4.78 is 10.3. The molecular weight excluding hydrogens is 218 g/mol. The van der Waals surface area contributed by atoms with Crippen LogP contribution in [0.5, 0.6) is 0 Å². The molecule has 1 aromatic carbocycles. The minimum Gasteiger partial charge on any atom is -0.464 e. The van der Waals surface area contributed by atoms with Crippen molar-refractivity contribution in [2.24, 2.45) is 0 Å². The van der Waals surface area contributed by atoms with Crippen LogP contribution >= 0.6 is 0 Å². The second kappa shape index (κ2) is 6.91. The lowest BCUT2D eigenvalue weighted by Crippen LogP contribution is -2.28. The fourth-order valence-electron chi connectivity index (χ4n) is 1.51. The summed E-state index contributed by atoms with van der Waals surface area (Å²) in [6, 6.07) is 7.40. The summed E-state index contributed by atoms with van der Waals surface area (Å²) in [5, 5.41) is 0. The predicted octanol–water partition coefficient (Wildman–Crippen LogP) is 1.78. The maximum atomic E-state index is 11.6. The van der Waals surface area contributed by atoms with Crippen LogP contribution < -0.4 is 5.73 Å². The molecule has 0 aromatic heterocycles. The Bertz CT molecular complexity index is 348. The van der Waals surface area contributed by atoms with Gasteiger partial charge >= 0.3 is 5.97 Å². The number of benzene rings is 1. The molecule has 0 amide bonds. The van der Waals surface area contributed by atoms with Crippen LogP contribution in [0.15, 0.2) is 24.3 Å². The Morgan fingerprint density at radius 1 is 1.24 bits per heavy atom. The number of nitrogen functional groups attached to an aromatic ring is 1. The minimum atomic E-state index is -0.538. The number of hydrogen-bond acceptors (Lipinski definition) is 4. The quantitative estimate of drug-likeness (QED) is 0.605. The summed E-state index contributed by atoms with van der Waals surface area (Å²) in [7, 11) is 0. The van der Waals surface area contributed by atoms with Crippen molar-refractivity contribution in [2.45, 2.75) is 26.4 Å². The molecule has 1 rings (SSSR count). The van der Waals surface area contributed by atoms with E-state index >= 15 is 0 Å². The standard InChI is InChI=1S/C13H19NO3/c1-3-16-12(13(15)17-4-2)9-10-5-7-11(14)8-6-10/h5-8,12H,3-4,9,14H2,1-2H3/t12-/m0/s1. The fraction of sp³-hybridized carbons (Fsp3) is 0.462. The maximum Gasteiger partial charge on any atom is 0.335 e. The first-order chi connectivity index (χ1) is 8.17. The highest BCUT2D eigenvalue weighted by Gasteiger charge is 2.20. The Morgan fingerprint density at radius 3 is 2.41 bits per heavy atom. The molecule has 1 aromatic rings. The fourth-order valence-corrected chi connectivity index (χ4v) is 1.51. The van der Waals surface area contributed by atoms with Gasteiger partial charge in [0.05, 0.1) is 6.61 Å². The van der Waals surface area contributed by atoms with Crippen molar-refractivity contribution in [3.8, 4) is 0 Å². The molecule has 0 saturated heterocycles. The Labute approximate surface area is 102 Å². The molecule has 0 bridgehead atoms. The van der Waals surface area contributed by atoms with Crippen LogP contribution in [-0.2, 0) is 20.7 Å². The zero-order chi connectivity index (χ0) is 12.7. The Hall–Kier alpha value is -1.55. The van der Waals surface area contributed by atoms with Crippen molar-refractivity contribution in [1.82, 2.24) is 0 Å². The van der Waals surface area contributed by atoms with Crippen molar-refractivity contribution in [2.75, 3.05) is 18.9 Å². The Balaban J connectivity index is 2.65. The van der Waals surface area contributed by atoms with Crippen LogP contribution in [0.3, 0.4) is 0 Å². The van der Waals surface area contributed by atoms with Gasteiger partial charge in [-0.25, -0.2) is 4.79 Å². The van der Waals surface area contributed by atoms with Gasteiger partial charge in [-0.3, -0.25) is 0 Å². The van der Waals surface area contributed by atoms with Crippen molar-refractivity contribution in [3.05, 3.63) is 29.8 Å². The first-order valence-electron chi connectivity index (χ1n) is 5.80. The average molecular weight is 237 g/mol. The second-order valence-corrected chi connectivity index (χ2v) is 3.64. The molecule has 0 aliphatic rings. The highest BCUT2D eigenvalue weighted by atomic mass is 16.6. The third kappa shape index (κ3) is 4.44. The Kier molecular flexibility index (Phi) is 5.49. The molecule has 0 aliphatic carbocycles. The van der Waals surface area contributed by atoms with Gasteiger partial charge in [-0.05, 0) is 31.5 Å². The van der Waals surface area contributed by atoms with E-state index in [9.17, 15) is 4.79 Å². The van der Waals surface area contributed by atoms with Crippen molar-refractivity contribution < 1.29 is 14.3 Å². The molecule has 0 heterocycles. The molecular formula is C13H19NO3. The zero-order valence-electron chi connectivity index (χ0n) is 10.3. The van der Waals surface area contributed by atoms with E-state index < -0.39 is 6.10 Å². The van der Waals surface area contributed by atoms with Gasteiger partial charge in [0.2, 0.25) is 0 Å². The van der Waals surface area contributed by atoms with Crippen LogP contribution in [0.2, 0.25) is 0 Å². The molecule has 0 fully saturated rings. The summed E-state index contributed by atoms with van der Waals surface area (Å²) in [5.41, 5.74) is 7.31. The van der Waals surface area contributed by atoms with E-state index in [1.807, 2.05) is 31.2 Å². The number of nitrogens with two attached hydrogens (primary N) is 1. The van der Waals surface area contributed by atoms with Crippen molar-refractivity contribution >= 4 is 11.7 Å². The van der Waals surface area contributed by atoms with Crippen LogP contribution in [0.4, 0.5) is 5.69 Å². The summed E-state index contributed by atoms with van der Waals surface area (Å²) in [6.45, 7) is 4.49. The number of esters is 1. The molecule has 4 nitrogen and oxygen atoms in total. The molecule has 0 aliphatic heterocycles. The third-order valence-corrected chi connectivity index (χ3v) is 2.32. The predicted molar refractivity (Wildman–Crippen MR) is 66.6 cm³/mol. The van der Waals surface area contributed by atoms with Gasteiger partial charge in [-0.15, -0.1) is 0 Å². The molecule has 0 saturated carbocycles. The van der Waals surface area contributed by atoms with Gasteiger partial charge in [-0.1, -0.05) is 12.1 Å². The number of rotatable bonds is 6. The van der Waals surface area contributed by atoms with Gasteiger partial charge in [0.25, 0.3) is 0 Å². The van der Waals surface area contributed by atoms with E-state index in [1.165, 1.54) is 0 Å². The Morgan fingerprint density at radius 2 is 1.88 bits per heavy atom. The zero-order valence-corrected chi connectivity index (χ0v) is 10.3. The first-order valence-corrected chi connectivity index (χ1v) is 5.80. The molecule has 0 unspecified atom stereocenters.